The van der Waals surface area contributed by atoms with Gasteiger partial charge in [0, 0.05) is 19.3 Å². The van der Waals surface area contributed by atoms with Crippen LogP contribution in [0.3, 0.4) is 0 Å². The Kier molecular flexibility index (Phi) is 1.77. The molecule has 0 unspecified atom stereocenters. The highest BCUT2D eigenvalue weighted by Gasteiger charge is 2.21. The quantitative estimate of drug-likeness (QED) is 0.623. The van der Waals surface area contributed by atoms with Crippen LogP contribution in [-0.4, -0.2) is 29.3 Å². The number of nitrogens with one attached hydrogen (secondary N) is 1. The van der Waals surface area contributed by atoms with Gasteiger partial charge in [-0.25, -0.2) is 9.78 Å². The maximum Gasteiger partial charge on any atom is 0.411 e. The zero-order valence-corrected chi connectivity index (χ0v) is 6.90. The second kappa shape index (κ2) is 2.93. The molecule has 2 rings (SSSR count). The lowest BCUT2D eigenvalue weighted by molar-refractivity contribution is 0.202. The second-order valence-electron chi connectivity index (χ2n) is 2.73. The van der Waals surface area contributed by atoms with E-state index in [1.165, 1.54) is 4.90 Å². The number of anilines is 2. The van der Waals surface area contributed by atoms with Crippen molar-refractivity contribution in [3.8, 4) is 0 Å². The van der Waals surface area contributed by atoms with E-state index in [0.29, 0.717) is 24.6 Å². The Hall–Kier alpha value is -1.78. The van der Waals surface area contributed by atoms with Crippen LogP contribution in [0.4, 0.5) is 16.3 Å². The number of pyridine rings is 1. The zero-order valence-electron chi connectivity index (χ0n) is 6.90. The van der Waals surface area contributed by atoms with Crippen LogP contribution < -0.4 is 10.2 Å². The Morgan fingerprint density at radius 1 is 1.69 bits per heavy atom. The number of rotatable bonds is 0. The first-order valence-electron chi connectivity index (χ1n) is 3.98. The Morgan fingerprint density at radius 2 is 2.54 bits per heavy atom. The summed E-state index contributed by atoms with van der Waals surface area (Å²) in [5, 5.41) is 11.9. The lowest BCUT2D eigenvalue weighted by atomic mass is 10.3. The lowest BCUT2D eigenvalue weighted by Crippen LogP contribution is -2.38. The maximum absolute atomic E-state index is 10.8. The van der Waals surface area contributed by atoms with E-state index < -0.39 is 6.09 Å². The molecule has 1 aliphatic heterocycles. The monoisotopic (exact) mass is 179 g/mol. The van der Waals surface area contributed by atoms with Gasteiger partial charge in [-0.15, -0.1) is 0 Å². The van der Waals surface area contributed by atoms with Gasteiger partial charge < -0.3 is 10.4 Å². The van der Waals surface area contributed by atoms with Gasteiger partial charge in [-0.1, -0.05) is 0 Å². The number of carbonyl (C=O) groups is 1. The third kappa shape index (κ3) is 1.28. The number of aromatic nitrogens is 1. The van der Waals surface area contributed by atoms with Gasteiger partial charge in [0.2, 0.25) is 0 Å². The summed E-state index contributed by atoms with van der Waals surface area (Å²) >= 11 is 0. The minimum Gasteiger partial charge on any atom is -0.465 e. The highest BCUT2D eigenvalue weighted by molar-refractivity contribution is 5.90. The molecule has 13 heavy (non-hydrogen) atoms. The molecule has 1 aromatic heterocycles. The minimum absolute atomic E-state index is 0.466. The van der Waals surface area contributed by atoms with E-state index in [1.54, 1.807) is 18.3 Å². The number of amides is 1. The van der Waals surface area contributed by atoms with Gasteiger partial charge >= 0.3 is 6.09 Å². The smallest absolute Gasteiger partial charge is 0.411 e. The average Bonchev–Trinajstić information content (AvgIpc) is 2.17. The summed E-state index contributed by atoms with van der Waals surface area (Å²) in [6, 6.07) is 3.46. The third-order valence-electron chi connectivity index (χ3n) is 1.94. The molecule has 2 N–H and O–H groups in total. The predicted octanol–water partition coefficient (Wildman–Crippen LogP) is 0.991. The standard InChI is InChI=1S/C8H9N3O2/c12-8(13)11-5-4-10-7-6(11)2-1-3-9-7/h1-3H,4-5H2,(H,9,10)(H,12,13). The van der Waals surface area contributed by atoms with E-state index in [1.807, 2.05) is 0 Å². The number of carboxylic acid groups (broad SMARTS) is 1. The summed E-state index contributed by atoms with van der Waals surface area (Å²) in [4.78, 5) is 16.1. The summed E-state index contributed by atoms with van der Waals surface area (Å²) in [6.07, 6.45) is 0.702. The Bertz CT molecular complexity index is 340. The Labute approximate surface area is 75.0 Å². The van der Waals surface area contributed by atoms with Crippen LogP contribution in [0.15, 0.2) is 18.3 Å². The van der Waals surface area contributed by atoms with E-state index in [9.17, 15) is 4.79 Å². The fourth-order valence-corrected chi connectivity index (χ4v) is 1.36. The van der Waals surface area contributed by atoms with E-state index in [0.717, 1.165) is 0 Å². The van der Waals surface area contributed by atoms with Crippen LogP contribution in [-0.2, 0) is 0 Å². The predicted molar refractivity (Wildman–Crippen MR) is 48.1 cm³/mol. The van der Waals surface area contributed by atoms with Crippen molar-refractivity contribution in [2.45, 2.75) is 0 Å². The molecule has 0 bridgehead atoms. The summed E-state index contributed by atoms with van der Waals surface area (Å²) in [7, 11) is 0. The SMILES string of the molecule is O=C(O)N1CCNc2ncccc21. The highest BCUT2D eigenvalue weighted by atomic mass is 16.4. The average molecular weight is 179 g/mol. The Morgan fingerprint density at radius 3 is 3.31 bits per heavy atom. The van der Waals surface area contributed by atoms with Gasteiger partial charge in [-0.05, 0) is 12.1 Å². The van der Waals surface area contributed by atoms with Gasteiger partial charge in [0.25, 0.3) is 0 Å². The molecule has 5 nitrogen and oxygen atoms in total. The number of hydrogen-bond donors (Lipinski definition) is 2. The first kappa shape index (κ1) is 7.85. The normalized spacial score (nSPS) is 14.6. The Balaban J connectivity index is 2.42. The molecule has 2 heterocycles. The highest BCUT2D eigenvalue weighted by Crippen LogP contribution is 2.25. The van der Waals surface area contributed by atoms with Crippen molar-refractivity contribution in [3.63, 3.8) is 0 Å². The van der Waals surface area contributed by atoms with Crippen LogP contribution in [0.1, 0.15) is 0 Å². The van der Waals surface area contributed by atoms with Crippen LogP contribution in [0.2, 0.25) is 0 Å². The van der Waals surface area contributed by atoms with E-state index in [2.05, 4.69) is 10.3 Å². The van der Waals surface area contributed by atoms with Crippen LogP contribution >= 0.6 is 0 Å². The third-order valence-corrected chi connectivity index (χ3v) is 1.94. The first-order valence-corrected chi connectivity index (χ1v) is 3.98. The molecule has 0 saturated heterocycles. The molecule has 1 aliphatic rings. The minimum atomic E-state index is -0.934. The molecule has 0 spiro atoms. The molecular formula is C8H9N3O2. The van der Waals surface area contributed by atoms with Crippen molar-refractivity contribution < 1.29 is 9.90 Å². The molecule has 0 aliphatic carbocycles. The van der Waals surface area contributed by atoms with Crippen molar-refractivity contribution in [1.82, 2.24) is 4.98 Å². The van der Waals surface area contributed by atoms with Crippen molar-refractivity contribution in [1.29, 1.82) is 0 Å². The van der Waals surface area contributed by atoms with Gasteiger partial charge in [-0.3, -0.25) is 4.90 Å². The fourth-order valence-electron chi connectivity index (χ4n) is 1.36. The van der Waals surface area contributed by atoms with E-state index in [4.69, 9.17) is 5.11 Å². The van der Waals surface area contributed by atoms with Crippen molar-refractivity contribution in [2.75, 3.05) is 23.3 Å². The largest absolute Gasteiger partial charge is 0.465 e. The van der Waals surface area contributed by atoms with Gasteiger partial charge in [0.1, 0.15) is 5.82 Å². The number of nitrogens with zero attached hydrogens (tertiary/aromatic N) is 2. The van der Waals surface area contributed by atoms with Crippen molar-refractivity contribution in [2.24, 2.45) is 0 Å². The van der Waals surface area contributed by atoms with Crippen LogP contribution in [0.5, 0.6) is 0 Å². The van der Waals surface area contributed by atoms with E-state index in [-0.39, 0.29) is 0 Å². The molecule has 0 radical (unpaired) electrons. The molecule has 1 amide bonds. The lowest BCUT2D eigenvalue weighted by Gasteiger charge is -2.26. The fraction of sp³-hybridized carbons (Fsp3) is 0.250. The molecule has 1 aromatic rings. The molecule has 68 valence electrons. The van der Waals surface area contributed by atoms with Crippen molar-refractivity contribution in [3.05, 3.63) is 18.3 Å². The molecular weight excluding hydrogens is 170 g/mol. The summed E-state index contributed by atoms with van der Waals surface area (Å²) in [5.74, 6) is 0.635. The molecule has 5 heteroatoms. The zero-order chi connectivity index (χ0) is 9.26. The maximum atomic E-state index is 10.8. The molecule has 0 atom stereocenters. The molecule has 0 fully saturated rings. The molecule has 0 saturated carbocycles. The van der Waals surface area contributed by atoms with Crippen LogP contribution in [0.25, 0.3) is 0 Å². The van der Waals surface area contributed by atoms with E-state index >= 15 is 0 Å². The topological polar surface area (TPSA) is 65.5 Å². The molecule has 0 aromatic carbocycles. The van der Waals surface area contributed by atoms with Crippen molar-refractivity contribution >= 4 is 17.6 Å². The first-order chi connectivity index (χ1) is 6.29. The number of fused-ring (bicyclic) bond motifs is 1. The van der Waals surface area contributed by atoms with Gasteiger partial charge in [0.15, 0.2) is 0 Å². The van der Waals surface area contributed by atoms with Gasteiger partial charge in [-0.2, -0.15) is 0 Å². The summed E-state index contributed by atoms with van der Waals surface area (Å²) < 4.78 is 0. The summed E-state index contributed by atoms with van der Waals surface area (Å²) in [6.45, 7) is 1.07. The van der Waals surface area contributed by atoms with Crippen LogP contribution in [0, 0.1) is 0 Å². The summed E-state index contributed by atoms with van der Waals surface area (Å²) in [5.41, 5.74) is 0.626. The number of hydrogen-bond acceptors (Lipinski definition) is 3. The second-order valence-corrected chi connectivity index (χ2v) is 2.73. The van der Waals surface area contributed by atoms with Gasteiger partial charge in [0.05, 0.1) is 5.69 Å².